The Morgan fingerprint density at radius 2 is 1.76 bits per heavy atom. The molecule has 3 rings (SSSR count). The summed E-state index contributed by atoms with van der Waals surface area (Å²) in [7, 11) is 0. The number of carbonyl (C=O) groups excluding carboxylic acids is 4. The Labute approximate surface area is 232 Å². The molecule has 0 radical (unpaired) electrons. The van der Waals surface area contributed by atoms with Crippen LogP contribution in [0.25, 0.3) is 10.4 Å². The Morgan fingerprint density at radius 1 is 1.05 bits per heavy atom. The van der Waals surface area contributed by atoms with Gasteiger partial charge in [0.1, 0.15) is 12.3 Å². The molecule has 1 atom stereocenters. The number of nitrogens with two attached hydrogens (primary N) is 1. The third kappa shape index (κ3) is 7.78. The van der Waals surface area contributed by atoms with Crippen molar-refractivity contribution in [3.8, 4) is 10.4 Å². The number of hydrogen-bond acceptors (Lipinski definition) is 6. The lowest BCUT2D eigenvalue weighted by molar-refractivity contribution is -0.120. The molecule has 7 N–H and O–H groups in total. The summed E-state index contributed by atoms with van der Waals surface area (Å²) >= 11 is 14.2. The van der Waals surface area contributed by atoms with Crippen LogP contribution in [0.15, 0.2) is 48.5 Å². The van der Waals surface area contributed by atoms with Gasteiger partial charge in [-0.3, -0.25) is 19.8 Å². The van der Waals surface area contributed by atoms with Crippen molar-refractivity contribution in [2.24, 2.45) is 5.73 Å². The second-order valence-corrected chi connectivity index (χ2v) is 10.1. The van der Waals surface area contributed by atoms with Crippen LogP contribution in [-0.4, -0.2) is 49.1 Å². The highest BCUT2D eigenvalue weighted by atomic mass is 35.5. The third-order valence-electron chi connectivity index (χ3n) is 5.11. The lowest BCUT2D eigenvalue weighted by Gasteiger charge is -2.16. The molecule has 13 heteroatoms. The number of rotatable bonds is 10. The number of carbonyl (C=O) groups is 4. The molecule has 0 spiro atoms. The van der Waals surface area contributed by atoms with Gasteiger partial charge in [-0.2, -0.15) is 0 Å². The Hall–Kier alpha value is -3.93. The molecular formula is C25H24Cl2N6O4S. The largest absolute Gasteiger partial charge is 0.370 e. The number of anilines is 1. The van der Waals surface area contributed by atoms with E-state index in [1.54, 1.807) is 35.6 Å². The number of thiophene rings is 1. The van der Waals surface area contributed by atoms with Gasteiger partial charge in [0, 0.05) is 27.5 Å². The first-order valence-electron chi connectivity index (χ1n) is 11.2. The minimum absolute atomic E-state index is 0.0114. The van der Waals surface area contributed by atoms with Gasteiger partial charge in [-0.05, 0) is 55.0 Å². The number of amides is 3. The minimum atomic E-state index is -1.07. The summed E-state index contributed by atoms with van der Waals surface area (Å²) in [6.45, 7) is 1.38. The number of aldehydes is 1. The Balaban J connectivity index is 1.53. The third-order valence-corrected chi connectivity index (χ3v) is 6.75. The zero-order chi connectivity index (χ0) is 27.8. The molecule has 3 aromatic rings. The van der Waals surface area contributed by atoms with Crippen molar-refractivity contribution >= 4 is 70.2 Å². The molecule has 0 aliphatic heterocycles. The molecule has 0 bridgehead atoms. The fraction of sp³-hybridized carbons (Fsp3) is 0.160. The first-order valence-corrected chi connectivity index (χ1v) is 12.7. The van der Waals surface area contributed by atoms with Crippen LogP contribution in [-0.2, 0) is 9.59 Å². The number of benzene rings is 2. The molecule has 0 saturated carbocycles. The Kier molecular flexibility index (Phi) is 9.83. The highest BCUT2D eigenvalue weighted by molar-refractivity contribution is 7.15. The van der Waals surface area contributed by atoms with Gasteiger partial charge >= 0.3 is 0 Å². The molecule has 0 aliphatic rings. The molecule has 1 heterocycles. The fourth-order valence-electron chi connectivity index (χ4n) is 3.34. The van der Waals surface area contributed by atoms with Crippen molar-refractivity contribution in [2.75, 3.05) is 18.4 Å². The van der Waals surface area contributed by atoms with E-state index < -0.39 is 23.8 Å². The van der Waals surface area contributed by atoms with Gasteiger partial charge in [-0.15, -0.1) is 11.3 Å². The van der Waals surface area contributed by atoms with Gasteiger partial charge in [-0.25, -0.2) is 0 Å². The molecular weight excluding hydrogens is 551 g/mol. The van der Waals surface area contributed by atoms with Gasteiger partial charge in [0.2, 0.25) is 5.91 Å². The van der Waals surface area contributed by atoms with Crippen molar-refractivity contribution in [3.05, 3.63) is 74.6 Å². The maximum atomic E-state index is 12.8. The van der Waals surface area contributed by atoms with Gasteiger partial charge in [0.25, 0.3) is 11.8 Å². The van der Waals surface area contributed by atoms with E-state index in [1.165, 1.54) is 12.1 Å². The van der Waals surface area contributed by atoms with Gasteiger partial charge in [-0.1, -0.05) is 29.3 Å². The molecule has 0 fully saturated rings. The van der Waals surface area contributed by atoms with E-state index in [0.717, 1.165) is 15.3 Å². The quantitative estimate of drug-likeness (QED) is 0.123. The fourth-order valence-corrected chi connectivity index (χ4v) is 4.85. The van der Waals surface area contributed by atoms with Crippen LogP contribution in [0, 0.1) is 12.3 Å². The van der Waals surface area contributed by atoms with E-state index in [4.69, 9.17) is 34.3 Å². The van der Waals surface area contributed by atoms with E-state index in [1.807, 2.05) is 19.1 Å². The van der Waals surface area contributed by atoms with Gasteiger partial charge in [0.15, 0.2) is 5.96 Å². The minimum Gasteiger partial charge on any atom is -0.370 e. The topological polar surface area (TPSA) is 166 Å². The number of nitrogens with one attached hydrogen (secondary N) is 5. The molecule has 198 valence electrons. The van der Waals surface area contributed by atoms with Crippen molar-refractivity contribution in [3.63, 3.8) is 0 Å². The van der Waals surface area contributed by atoms with E-state index in [2.05, 4.69) is 21.3 Å². The van der Waals surface area contributed by atoms with Crippen LogP contribution in [0.2, 0.25) is 10.0 Å². The van der Waals surface area contributed by atoms with E-state index >= 15 is 0 Å². The lowest BCUT2D eigenvalue weighted by atomic mass is 10.1. The first-order chi connectivity index (χ1) is 18.1. The second-order valence-electron chi connectivity index (χ2n) is 8.05. The van der Waals surface area contributed by atoms with Crippen molar-refractivity contribution in [1.82, 2.24) is 16.0 Å². The van der Waals surface area contributed by atoms with Gasteiger partial charge in [0.05, 0.1) is 22.2 Å². The average molecular weight is 575 g/mol. The maximum absolute atomic E-state index is 12.8. The van der Waals surface area contributed by atoms with Crippen LogP contribution < -0.4 is 27.0 Å². The van der Waals surface area contributed by atoms with E-state index in [0.29, 0.717) is 12.0 Å². The van der Waals surface area contributed by atoms with E-state index in [9.17, 15) is 19.2 Å². The smallest absolute Gasteiger partial charge is 0.254 e. The summed E-state index contributed by atoms with van der Waals surface area (Å²) in [6, 6.07) is 12.3. The molecule has 10 nitrogen and oxygen atoms in total. The maximum Gasteiger partial charge on any atom is 0.254 e. The Bertz CT molecular complexity index is 1370. The van der Waals surface area contributed by atoms with Crippen LogP contribution in [0.1, 0.15) is 25.6 Å². The van der Waals surface area contributed by atoms with Crippen molar-refractivity contribution in [1.29, 1.82) is 5.41 Å². The predicted molar refractivity (Wildman–Crippen MR) is 149 cm³/mol. The standard InChI is InChI=1S/C25H24Cl2N6O4S/c1-13-5-6-20(38-13)15-8-18(26)22(19(27)9-15)24(37)32-17(12-34)10-30-21(35)11-31-23(36)14-3-2-4-16(7-14)33-25(28)29/h2-9,12,17H,10-11H2,1H3,(H,30,35)(H,31,36)(H,32,37)(H4,28,29,33)/t17-/m0/s1. The molecule has 0 saturated heterocycles. The summed E-state index contributed by atoms with van der Waals surface area (Å²) in [5, 5.41) is 17.5. The number of guanidine groups is 1. The van der Waals surface area contributed by atoms with Crippen molar-refractivity contribution in [2.45, 2.75) is 13.0 Å². The predicted octanol–water partition coefficient (Wildman–Crippen LogP) is 3.18. The zero-order valence-electron chi connectivity index (χ0n) is 20.1. The molecule has 2 aromatic carbocycles. The summed E-state index contributed by atoms with van der Waals surface area (Å²) in [4.78, 5) is 50.9. The highest BCUT2D eigenvalue weighted by Gasteiger charge is 2.21. The van der Waals surface area contributed by atoms with Crippen LogP contribution >= 0.6 is 34.5 Å². The molecule has 0 aliphatic carbocycles. The summed E-state index contributed by atoms with van der Waals surface area (Å²) in [5.74, 6) is -2.07. The Morgan fingerprint density at radius 3 is 2.37 bits per heavy atom. The van der Waals surface area contributed by atoms with Crippen LogP contribution in [0.4, 0.5) is 5.69 Å². The van der Waals surface area contributed by atoms with Crippen LogP contribution in [0.5, 0.6) is 0 Å². The molecule has 1 aromatic heterocycles. The van der Waals surface area contributed by atoms with Gasteiger partial charge < -0.3 is 31.8 Å². The molecule has 38 heavy (non-hydrogen) atoms. The number of aryl methyl sites for hydroxylation is 1. The summed E-state index contributed by atoms with van der Waals surface area (Å²) in [5.41, 5.74) is 6.74. The van der Waals surface area contributed by atoms with Crippen LogP contribution in [0.3, 0.4) is 0 Å². The number of hydrogen-bond donors (Lipinski definition) is 6. The summed E-state index contributed by atoms with van der Waals surface area (Å²) in [6.07, 6.45) is 0.467. The molecule has 3 amide bonds. The normalized spacial score (nSPS) is 11.2. The summed E-state index contributed by atoms with van der Waals surface area (Å²) < 4.78 is 0. The van der Waals surface area contributed by atoms with Crippen molar-refractivity contribution < 1.29 is 19.2 Å². The highest BCUT2D eigenvalue weighted by Crippen LogP contribution is 2.35. The second kappa shape index (κ2) is 13.0. The number of halogens is 2. The monoisotopic (exact) mass is 574 g/mol. The zero-order valence-corrected chi connectivity index (χ0v) is 22.4. The lowest BCUT2D eigenvalue weighted by Crippen LogP contribution is -2.47. The SMILES string of the molecule is Cc1ccc(-c2cc(Cl)c(C(=O)N[C@H](C=O)CNC(=O)CNC(=O)c3cccc(NC(=N)N)c3)c(Cl)c2)s1. The molecule has 0 unspecified atom stereocenters. The first kappa shape index (κ1) is 28.6. The average Bonchev–Trinajstić information content (AvgIpc) is 3.30. The van der Waals surface area contributed by atoms with E-state index in [-0.39, 0.29) is 40.2 Å².